The molecule has 0 saturated carbocycles. The van der Waals surface area contributed by atoms with Gasteiger partial charge in [-0.3, -0.25) is 0 Å². The van der Waals surface area contributed by atoms with Crippen molar-refractivity contribution >= 4 is 16.7 Å². The third-order valence-corrected chi connectivity index (χ3v) is 11.2. The van der Waals surface area contributed by atoms with Crippen molar-refractivity contribution in [2.45, 2.75) is 5.41 Å². The first kappa shape index (κ1) is 30.8. The number of para-hydroxylation sites is 3. The molecule has 2 aromatic heterocycles. The van der Waals surface area contributed by atoms with Crippen LogP contribution in [-0.4, -0.2) is 15.0 Å². The van der Waals surface area contributed by atoms with Gasteiger partial charge in [-0.15, -0.1) is 0 Å². The predicted octanol–water partition coefficient (Wildman–Crippen LogP) is 11.8. The van der Waals surface area contributed by atoms with Crippen LogP contribution in [0.25, 0.3) is 73.1 Å². The molecular weight excluding hydrogens is 691 g/mol. The molecule has 6 nitrogen and oxygen atoms in total. The van der Waals surface area contributed by atoms with E-state index < -0.39 is 5.41 Å². The molecule has 12 rings (SSSR count). The summed E-state index contributed by atoms with van der Waals surface area (Å²) in [6.07, 6.45) is 0. The highest BCUT2D eigenvalue weighted by Crippen LogP contribution is 2.65. The fourth-order valence-electron chi connectivity index (χ4n) is 8.71. The number of furan rings is 1. The van der Waals surface area contributed by atoms with Gasteiger partial charge in [0.1, 0.15) is 16.8 Å². The molecule has 0 radical (unpaired) electrons. The maximum absolute atomic E-state index is 6.94. The second-order valence-electron chi connectivity index (χ2n) is 14.3. The second-order valence-corrected chi connectivity index (χ2v) is 14.3. The molecule has 0 N–H and O–H groups in total. The summed E-state index contributed by atoms with van der Waals surface area (Å²) in [7, 11) is 0. The Morgan fingerprint density at radius 1 is 0.411 bits per heavy atom. The van der Waals surface area contributed by atoms with Gasteiger partial charge in [-0.05, 0) is 63.7 Å². The summed E-state index contributed by atoms with van der Waals surface area (Å²) in [6, 6.07) is 59.9. The Morgan fingerprint density at radius 2 is 0.982 bits per heavy atom. The average Bonchev–Trinajstić information content (AvgIpc) is 3.89. The Balaban J connectivity index is 1.03. The van der Waals surface area contributed by atoms with Crippen molar-refractivity contribution in [1.29, 1.82) is 0 Å². The van der Waals surface area contributed by atoms with E-state index in [2.05, 4.69) is 72.8 Å². The van der Waals surface area contributed by atoms with Crippen LogP contribution in [0.4, 0.5) is 0 Å². The average molecular weight is 720 g/mol. The molecular formula is C50H29N3O3. The lowest BCUT2D eigenvalue weighted by molar-refractivity contribution is 0.306. The minimum atomic E-state index is -0.851. The number of allylic oxidation sites excluding steroid dienone is 1. The molecule has 9 aromatic rings. The number of fused-ring (bicyclic) bond motifs is 12. The number of hydrogen-bond acceptors (Lipinski definition) is 6. The SMILES string of the molecule is c1ccc(-c2nc(-c3ccccc3)nc(-c3cccc(-c4ccc5c(c4)-c4ccccc4C54C5=C(Oc6ccccc6O5)c5c4oc4ccccc54)c3)n2)cc1. The Bertz CT molecular complexity index is 3040. The standard InChI is InChI=1S/C50H29N3O3/c1-3-14-30(15-4-1)47-51-48(31-16-5-2-6-17-31)53-49(52-47)34-19-13-18-32(28-34)33-26-27-39-37(29-33)35-20-7-9-22-38(35)50(39)45-43(36-21-8-10-23-40(36)55-45)44-46(50)56-42-25-12-11-24-41(42)54-44/h1-29H. The summed E-state index contributed by atoms with van der Waals surface area (Å²) < 4.78 is 20.6. The molecule has 0 fully saturated rings. The molecule has 1 atom stereocenters. The van der Waals surface area contributed by atoms with E-state index in [1.54, 1.807) is 0 Å². The number of rotatable bonds is 4. The second kappa shape index (κ2) is 11.7. The third-order valence-electron chi connectivity index (χ3n) is 11.2. The van der Waals surface area contributed by atoms with Crippen molar-refractivity contribution in [3.63, 3.8) is 0 Å². The number of nitrogens with zero attached hydrogens (tertiary/aromatic N) is 3. The minimum Gasteiger partial charge on any atom is -0.458 e. The summed E-state index contributed by atoms with van der Waals surface area (Å²) in [5.41, 5.74) is 10.2. The van der Waals surface area contributed by atoms with Gasteiger partial charge in [0.2, 0.25) is 0 Å². The van der Waals surface area contributed by atoms with Crippen LogP contribution in [0.3, 0.4) is 0 Å². The van der Waals surface area contributed by atoms with E-state index in [-0.39, 0.29) is 0 Å². The first-order valence-corrected chi connectivity index (χ1v) is 18.7. The Kier molecular flexibility index (Phi) is 6.45. The monoisotopic (exact) mass is 719 g/mol. The van der Waals surface area contributed by atoms with Gasteiger partial charge in [-0.2, -0.15) is 0 Å². The first-order valence-electron chi connectivity index (χ1n) is 18.7. The maximum atomic E-state index is 6.94. The van der Waals surface area contributed by atoms with E-state index in [0.29, 0.717) is 34.7 Å². The molecule has 0 amide bonds. The summed E-state index contributed by atoms with van der Waals surface area (Å²) in [4.78, 5) is 14.9. The molecule has 3 aliphatic rings. The molecule has 7 aromatic carbocycles. The van der Waals surface area contributed by atoms with Gasteiger partial charge >= 0.3 is 0 Å². The number of benzene rings is 7. The van der Waals surface area contributed by atoms with Crippen LogP contribution in [0.2, 0.25) is 0 Å². The van der Waals surface area contributed by atoms with Gasteiger partial charge in [0.15, 0.2) is 40.5 Å². The highest BCUT2D eigenvalue weighted by atomic mass is 16.6. The van der Waals surface area contributed by atoms with Crippen LogP contribution in [0.1, 0.15) is 22.5 Å². The molecule has 0 saturated heterocycles. The van der Waals surface area contributed by atoms with Crippen molar-refractivity contribution < 1.29 is 13.9 Å². The highest BCUT2D eigenvalue weighted by Gasteiger charge is 2.60. The molecule has 1 aliphatic heterocycles. The van der Waals surface area contributed by atoms with Gasteiger partial charge in [0.05, 0.1) is 5.56 Å². The summed E-state index contributed by atoms with van der Waals surface area (Å²) in [6.45, 7) is 0. The van der Waals surface area contributed by atoms with E-state index in [1.165, 1.54) is 0 Å². The summed E-state index contributed by atoms with van der Waals surface area (Å²) in [5, 5.41) is 0.999. The highest BCUT2D eigenvalue weighted by molar-refractivity contribution is 6.01. The zero-order valence-electron chi connectivity index (χ0n) is 29.8. The van der Waals surface area contributed by atoms with E-state index >= 15 is 0 Å². The van der Waals surface area contributed by atoms with Crippen LogP contribution in [-0.2, 0) is 5.41 Å². The van der Waals surface area contributed by atoms with Crippen molar-refractivity contribution in [2.24, 2.45) is 0 Å². The van der Waals surface area contributed by atoms with Crippen molar-refractivity contribution in [1.82, 2.24) is 15.0 Å². The fraction of sp³-hybridized carbons (Fsp3) is 0.0200. The minimum absolute atomic E-state index is 0.614. The largest absolute Gasteiger partial charge is 0.458 e. The van der Waals surface area contributed by atoms with E-state index in [0.717, 1.165) is 78.1 Å². The molecule has 262 valence electrons. The van der Waals surface area contributed by atoms with E-state index in [9.17, 15) is 0 Å². The lowest BCUT2D eigenvalue weighted by Gasteiger charge is -2.31. The van der Waals surface area contributed by atoms with Crippen LogP contribution in [0, 0.1) is 0 Å². The van der Waals surface area contributed by atoms with Crippen molar-refractivity contribution in [3.8, 4) is 67.9 Å². The maximum Gasteiger partial charge on any atom is 0.179 e. The first-order chi connectivity index (χ1) is 27.7. The number of aromatic nitrogens is 3. The molecule has 3 heterocycles. The van der Waals surface area contributed by atoms with Gasteiger partial charge < -0.3 is 13.9 Å². The Morgan fingerprint density at radius 3 is 1.75 bits per heavy atom. The normalized spacial score (nSPS) is 15.8. The van der Waals surface area contributed by atoms with Gasteiger partial charge in [-0.1, -0.05) is 146 Å². The zero-order valence-corrected chi connectivity index (χ0v) is 29.8. The van der Waals surface area contributed by atoms with Crippen LogP contribution >= 0.6 is 0 Å². The van der Waals surface area contributed by atoms with Crippen LogP contribution in [0.5, 0.6) is 11.5 Å². The van der Waals surface area contributed by atoms with Crippen molar-refractivity contribution in [2.75, 3.05) is 0 Å². The Hall–Kier alpha value is -7.57. The smallest absolute Gasteiger partial charge is 0.179 e. The Labute approximate surface area is 322 Å². The van der Waals surface area contributed by atoms with E-state index in [4.69, 9.17) is 28.8 Å². The lowest BCUT2D eigenvalue weighted by atomic mass is 9.76. The topological polar surface area (TPSA) is 70.3 Å². The quantitative estimate of drug-likeness (QED) is 0.180. The zero-order chi connectivity index (χ0) is 36.8. The third kappa shape index (κ3) is 4.35. The molecule has 56 heavy (non-hydrogen) atoms. The van der Waals surface area contributed by atoms with E-state index in [1.807, 2.05) is 103 Å². The van der Waals surface area contributed by atoms with Gasteiger partial charge in [-0.25, -0.2) is 15.0 Å². The fourth-order valence-corrected chi connectivity index (χ4v) is 8.71. The van der Waals surface area contributed by atoms with Gasteiger partial charge in [0.25, 0.3) is 0 Å². The van der Waals surface area contributed by atoms with Gasteiger partial charge in [0, 0.05) is 22.1 Å². The summed E-state index contributed by atoms with van der Waals surface area (Å²) in [5.74, 6) is 5.49. The van der Waals surface area contributed by atoms with Crippen LogP contribution < -0.4 is 9.47 Å². The summed E-state index contributed by atoms with van der Waals surface area (Å²) >= 11 is 0. The molecule has 6 heteroatoms. The van der Waals surface area contributed by atoms with Crippen LogP contribution in [0.15, 0.2) is 186 Å². The van der Waals surface area contributed by atoms with Crippen molar-refractivity contribution in [3.05, 3.63) is 204 Å². The number of hydrogen-bond donors (Lipinski definition) is 0. The lowest BCUT2D eigenvalue weighted by Crippen LogP contribution is -2.31. The molecule has 2 aliphatic carbocycles. The molecule has 0 bridgehead atoms. The molecule has 1 unspecified atom stereocenters. The predicted molar refractivity (Wildman–Crippen MR) is 218 cm³/mol. The number of ether oxygens (including phenoxy) is 2. The molecule has 1 spiro atoms.